The molecular weight excluding hydrogens is 278 g/mol. The van der Waals surface area contributed by atoms with E-state index in [-0.39, 0.29) is 5.60 Å². The molecule has 2 aromatic rings. The van der Waals surface area contributed by atoms with Crippen LogP contribution in [0.3, 0.4) is 0 Å². The Morgan fingerprint density at radius 1 is 1.18 bits per heavy atom. The van der Waals surface area contributed by atoms with Gasteiger partial charge in [-0.05, 0) is 24.8 Å². The maximum atomic E-state index is 6.23. The number of hydrogen-bond acceptors (Lipinski definition) is 5. The molecule has 22 heavy (non-hydrogen) atoms. The minimum atomic E-state index is 0.0605. The van der Waals surface area contributed by atoms with Crippen LogP contribution in [-0.2, 0) is 11.3 Å². The minimum absolute atomic E-state index is 0.0605. The second-order valence-corrected chi connectivity index (χ2v) is 6.42. The van der Waals surface area contributed by atoms with Crippen LogP contribution in [0, 0.1) is 0 Å². The summed E-state index contributed by atoms with van der Waals surface area (Å²) in [4.78, 5) is 18.0. The third-order valence-electron chi connectivity index (χ3n) is 4.98. The summed E-state index contributed by atoms with van der Waals surface area (Å²) in [6.45, 7) is 3.91. The van der Waals surface area contributed by atoms with Gasteiger partial charge in [-0.3, -0.25) is 4.90 Å². The summed E-state index contributed by atoms with van der Waals surface area (Å²) in [5.74, 6) is 0.445. The SMILES string of the molecule is c1ncc(C2COC3(CCN(Cc4cnc[nH]4)CC3)C2)cn1. The van der Waals surface area contributed by atoms with Gasteiger partial charge in [0.2, 0.25) is 0 Å². The van der Waals surface area contributed by atoms with Gasteiger partial charge in [0.05, 0.1) is 18.5 Å². The van der Waals surface area contributed by atoms with Gasteiger partial charge in [-0.25, -0.2) is 15.0 Å². The molecule has 0 bridgehead atoms. The van der Waals surface area contributed by atoms with E-state index in [9.17, 15) is 0 Å². The molecule has 1 N–H and O–H groups in total. The summed E-state index contributed by atoms with van der Waals surface area (Å²) in [5.41, 5.74) is 2.45. The average molecular weight is 299 g/mol. The van der Waals surface area contributed by atoms with Crippen molar-refractivity contribution in [3.63, 3.8) is 0 Å². The van der Waals surface area contributed by atoms with Crippen molar-refractivity contribution in [1.29, 1.82) is 0 Å². The largest absolute Gasteiger partial charge is 0.374 e. The Labute approximate surface area is 130 Å². The zero-order valence-corrected chi connectivity index (χ0v) is 12.6. The predicted octanol–water partition coefficient (Wildman–Crippen LogP) is 1.74. The van der Waals surface area contributed by atoms with E-state index in [4.69, 9.17) is 4.74 Å². The average Bonchev–Trinajstić information content (AvgIpc) is 3.21. The van der Waals surface area contributed by atoms with Crippen molar-refractivity contribution in [1.82, 2.24) is 24.8 Å². The fraction of sp³-hybridized carbons (Fsp3) is 0.562. The molecule has 1 atom stereocenters. The van der Waals surface area contributed by atoms with Crippen LogP contribution in [0.5, 0.6) is 0 Å². The molecule has 1 spiro atoms. The van der Waals surface area contributed by atoms with Gasteiger partial charge in [0.1, 0.15) is 6.33 Å². The van der Waals surface area contributed by atoms with E-state index >= 15 is 0 Å². The highest BCUT2D eigenvalue weighted by Crippen LogP contribution is 2.42. The number of hydrogen-bond donors (Lipinski definition) is 1. The predicted molar refractivity (Wildman–Crippen MR) is 81.2 cm³/mol. The molecule has 6 nitrogen and oxygen atoms in total. The van der Waals surface area contributed by atoms with Crippen LogP contribution < -0.4 is 0 Å². The number of aromatic amines is 1. The van der Waals surface area contributed by atoms with Crippen molar-refractivity contribution < 1.29 is 4.74 Å². The van der Waals surface area contributed by atoms with E-state index < -0.39 is 0 Å². The molecule has 2 saturated heterocycles. The first-order valence-corrected chi connectivity index (χ1v) is 7.91. The Morgan fingerprint density at radius 2 is 2.00 bits per heavy atom. The lowest BCUT2D eigenvalue weighted by molar-refractivity contribution is -0.0450. The van der Waals surface area contributed by atoms with Gasteiger partial charge < -0.3 is 9.72 Å². The summed E-state index contributed by atoms with van der Waals surface area (Å²) in [7, 11) is 0. The highest BCUT2D eigenvalue weighted by atomic mass is 16.5. The first-order chi connectivity index (χ1) is 10.8. The zero-order chi connectivity index (χ0) is 14.8. The molecule has 0 aromatic carbocycles. The molecule has 1 unspecified atom stereocenters. The van der Waals surface area contributed by atoms with Crippen LogP contribution in [0.2, 0.25) is 0 Å². The van der Waals surface area contributed by atoms with E-state index in [1.54, 1.807) is 12.7 Å². The van der Waals surface area contributed by atoms with E-state index in [1.165, 1.54) is 11.3 Å². The zero-order valence-electron chi connectivity index (χ0n) is 12.6. The monoisotopic (exact) mass is 299 g/mol. The molecule has 4 heterocycles. The summed E-state index contributed by atoms with van der Waals surface area (Å²) >= 11 is 0. The Kier molecular flexibility index (Phi) is 3.63. The van der Waals surface area contributed by atoms with E-state index in [0.29, 0.717) is 5.92 Å². The van der Waals surface area contributed by atoms with Crippen LogP contribution in [0.15, 0.2) is 31.2 Å². The molecule has 2 aliphatic rings. The summed E-state index contributed by atoms with van der Waals surface area (Å²) in [5, 5.41) is 0. The maximum Gasteiger partial charge on any atom is 0.115 e. The highest BCUT2D eigenvalue weighted by molar-refractivity contribution is 5.14. The van der Waals surface area contributed by atoms with Gasteiger partial charge in [-0.2, -0.15) is 0 Å². The van der Waals surface area contributed by atoms with Gasteiger partial charge in [0, 0.05) is 49.8 Å². The summed E-state index contributed by atoms with van der Waals surface area (Å²) in [6.07, 6.45) is 12.4. The minimum Gasteiger partial charge on any atom is -0.374 e. The molecule has 116 valence electrons. The Balaban J connectivity index is 1.35. The van der Waals surface area contributed by atoms with Crippen LogP contribution in [0.4, 0.5) is 0 Å². The van der Waals surface area contributed by atoms with Gasteiger partial charge in [0.25, 0.3) is 0 Å². The number of aromatic nitrogens is 4. The van der Waals surface area contributed by atoms with Crippen molar-refractivity contribution in [2.45, 2.75) is 37.3 Å². The van der Waals surface area contributed by atoms with Gasteiger partial charge in [0.15, 0.2) is 0 Å². The van der Waals surface area contributed by atoms with Gasteiger partial charge >= 0.3 is 0 Å². The molecule has 4 rings (SSSR count). The number of likely N-dealkylation sites (tertiary alicyclic amines) is 1. The van der Waals surface area contributed by atoms with Crippen LogP contribution in [-0.4, -0.2) is 50.1 Å². The first kappa shape index (κ1) is 13.8. The molecule has 0 radical (unpaired) electrons. The number of piperidine rings is 1. The molecular formula is C16H21N5O. The van der Waals surface area contributed by atoms with E-state index in [2.05, 4.69) is 24.8 Å². The lowest BCUT2D eigenvalue weighted by atomic mass is 9.84. The lowest BCUT2D eigenvalue weighted by Gasteiger charge is -2.38. The van der Waals surface area contributed by atoms with Crippen molar-refractivity contribution in [3.8, 4) is 0 Å². The molecule has 0 amide bonds. The third-order valence-corrected chi connectivity index (χ3v) is 4.98. The van der Waals surface area contributed by atoms with Gasteiger partial charge in [-0.1, -0.05) is 0 Å². The third kappa shape index (κ3) is 2.76. The summed E-state index contributed by atoms with van der Waals surface area (Å²) in [6, 6.07) is 0. The number of imidazole rings is 1. The van der Waals surface area contributed by atoms with Crippen molar-refractivity contribution in [2.24, 2.45) is 0 Å². The highest BCUT2D eigenvalue weighted by Gasteiger charge is 2.43. The number of nitrogens with zero attached hydrogens (tertiary/aromatic N) is 4. The molecule has 2 aromatic heterocycles. The van der Waals surface area contributed by atoms with E-state index in [0.717, 1.165) is 45.5 Å². The molecule has 0 saturated carbocycles. The van der Waals surface area contributed by atoms with Crippen LogP contribution >= 0.6 is 0 Å². The fourth-order valence-electron chi connectivity index (χ4n) is 3.66. The normalized spacial score (nSPS) is 24.8. The number of nitrogens with one attached hydrogen (secondary N) is 1. The fourth-order valence-corrected chi connectivity index (χ4v) is 3.66. The molecule has 2 fully saturated rings. The first-order valence-electron chi connectivity index (χ1n) is 7.91. The Morgan fingerprint density at radius 3 is 2.73 bits per heavy atom. The van der Waals surface area contributed by atoms with Crippen LogP contribution in [0.25, 0.3) is 0 Å². The second-order valence-electron chi connectivity index (χ2n) is 6.42. The van der Waals surface area contributed by atoms with Crippen LogP contribution in [0.1, 0.15) is 36.4 Å². The second kappa shape index (κ2) is 5.78. The Bertz CT molecular complexity index is 592. The Hall–Kier alpha value is -1.79. The smallest absolute Gasteiger partial charge is 0.115 e. The van der Waals surface area contributed by atoms with Gasteiger partial charge in [-0.15, -0.1) is 0 Å². The number of rotatable bonds is 3. The lowest BCUT2D eigenvalue weighted by Crippen LogP contribution is -2.43. The molecule has 2 aliphatic heterocycles. The van der Waals surface area contributed by atoms with Crippen molar-refractivity contribution in [2.75, 3.05) is 19.7 Å². The molecule has 6 heteroatoms. The van der Waals surface area contributed by atoms with Crippen molar-refractivity contribution >= 4 is 0 Å². The number of ether oxygens (including phenoxy) is 1. The standard InChI is InChI=1S/C16H21N5O/c1-3-21(9-15-8-19-12-20-15)4-2-16(1)5-13(10-22-16)14-6-17-11-18-7-14/h6-8,11-13H,1-5,9-10H2,(H,19,20). The summed E-state index contributed by atoms with van der Waals surface area (Å²) < 4.78 is 6.23. The maximum absolute atomic E-state index is 6.23. The molecule has 0 aliphatic carbocycles. The topological polar surface area (TPSA) is 66.9 Å². The quantitative estimate of drug-likeness (QED) is 0.935. The van der Waals surface area contributed by atoms with Crippen molar-refractivity contribution in [3.05, 3.63) is 42.5 Å². The number of H-pyrrole nitrogens is 1. The van der Waals surface area contributed by atoms with E-state index in [1.807, 2.05) is 18.6 Å².